The summed E-state index contributed by atoms with van der Waals surface area (Å²) in [5.41, 5.74) is 3.01. The van der Waals surface area contributed by atoms with Gasteiger partial charge in [-0.3, -0.25) is 14.4 Å². The van der Waals surface area contributed by atoms with E-state index in [0.717, 1.165) is 77.0 Å². The van der Waals surface area contributed by atoms with E-state index in [4.69, 9.17) is 18.9 Å². The number of hydrogen-bond acceptors (Lipinski definition) is 7. The highest BCUT2D eigenvalue weighted by Gasteiger charge is 2.62. The third kappa shape index (κ3) is 17.4. The van der Waals surface area contributed by atoms with E-state index in [-0.39, 0.29) is 41.1 Å². The summed E-state index contributed by atoms with van der Waals surface area (Å²) in [6.07, 6.45) is 20.0. The minimum atomic E-state index is -0.399. The highest BCUT2D eigenvalue weighted by Crippen LogP contribution is 2.66. The van der Waals surface area contributed by atoms with Gasteiger partial charge in [0.2, 0.25) is 0 Å². The highest BCUT2D eigenvalue weighted by atomic mass is 16.7. The van der Waals surface area contributed by atoms with Crippen LogP contribution in [-0.2, 0) is 33.3 Å². The summed E-state index contributed by atoms with van der Waals surface area (Å²) in [6, 6.07) is 0. The third-order valence-electron chi connectivity index (χ3n) is 12.3. The van der Waals surface area contributed by atoms with Crippen molar-refractivity contribution in [3.05, 3.63) is 23.3 Å². The lowest BCUT2D eigenvalue weighted by Gasteiger charge is -2.38. The van der Waals surface area contributed by atoms with Crippen LogP contribution in [0.5, 0.6) is 0 Å². The summed E-state index contributed by atoms with van der Waals surface area (Å²) >= 11 is 0. The van der Waals surface area contributed by atoms with Gasteiger partial charge in [-0.15, -0.1) is 0 Å². The molecule has 0 N–H and O–H groups in total. The maximum Gasteiger partial charge on any atom is 0.306 e. The number of allylic oxidation sites excluding steroid dienone is 4. The molecule has 0 saturated heterocycles. The van der Waals surface area contributed by atoms with Gasteiger partial charge in [0.05, 0.1) is 13.0 Å². The van der Waals surface area contributed by atoms with Crippen molar-refractivity contribution in [2.45, 2.75) is 197 Å². The monoisotopic (exact) mass is 731 g/mol. The molecule has 2 aliphatic carbocycles. The molecule has 7 nitrogen and oxygen atoms in total. The molecule has 0 spiro atoms. The molecule has 0 radical (unpaired) electrons. The molecule has 0 aromatic rings. The number of hydrogen-bond donors (Lipinski definition) is 0. The zero-order valence-electron chi connectivity index (χ0n) is 35.0. The topological polar surface area (TPSA) is 88.1 Å². The molecule has 2 fully saturated rings. The Bertz CT molecular complexity index is 1080. The predicted molar refractivity (Wildman–Crippen MR) is 212 cm³/mol. The molecule has 2 rings (SSSR count). The lowest BCUT2D eigenvalue weighted by atomic mass is 9.70. The Labute approximate surface area is 318 Å². The van der Waals surface area contributed by atoms with Crippen LogP contribution in [0.1, 0.15) is 184 Å². The third-order valence-corrected chi connectivity index (χ3v) is 12.3. The number of rotatable bonds is 29. The van der Waals surface area contributed by atoms with Gasteiger partial charge >= 0.3 is 11.9 Å². The lowest BCUT2D eigenvalue weighted by molar-refractivity contribution is -0.161. The molecule has 52 heavy (non-hydrogen) atoms. The minimum absolute atomic E-state index is 0.0156. The van der Waals surface area contributed by atoms with E-state index < -0.39 is 6.29 Å². The SMILES string of the molecule is CC(C)=CCCC(C)CCOC(CCC(=O)OCCCCCCC(=O)CCCC(=O)OC1CC2CCC1(C)C2(C)C)OCCC(C)CCC=C(C)C. The first-order chi connectivity index (χ1) is 24.6. The zero-order chi connectivity index (χ0) is 38.6. The van der Waals surface area contributed by atoms with Crippen molar-refractivity contribution >= 4 is 17.7 Å². The number of unbranched alkanes of at least 4 members (excludes halogenated alkanes) is 3. The van der Waals surface area contributed by atoms with Gasteiger partial charge in [0.25, 0.3) is 0 Å². The molecule has 2 aliphatic rings. The van der Waals surface area contributed by atoms with Crippen LogP contribution in [-0.4, -0.2) is 49.9 Å². The summed E-state index contributed by atoms with van der Waals surface area (Å²) < 4.78 is 23.7. The fraction of sp³-hybridized carbons (Fsp3) is 0.844. The lowest BCUT2D eigenvalue weighted by Crippen LogP contribution is -2.38. The maximum atomic E-state index is 12.5. The Morgan fingerprint density at radius 3 is 1.79 bits per heavy atom. The number of Topliss-reactive ketones (excluding diaryl/α,β-unsaturated/α-hetero) is 1. The van der Waals surface area contributed by atoms with Crippen molar-refractivity contribution in [2.24, 2.45) is 28.6 Å². The van der Waals surface area contributed by atoms with Crippen LogP contribution < -0.4 is 0 Å². The van der Waals surface area contributed by atoms with Gasteiger partial charge in [-0.05, 0) is 128 Å². The van der Waals surface area contributed by atoms with Crippen molar-refractivity contribution in [3.8, 4) is 0 Å². The summed E-state index contributed by atoms with van der Waals surface area (Å²) in [5.74, 6) is 1.62. The normalized spacial score (nSPS) is 22.0. The van der Waals surface area contributed by atoms with Gasteiger partial charge in [0.1, 0.15) is 11.9 Å². The van der Waals surface area contributed by atoms with Crippen LogP contribution in [0.3, 0.4) is 0 Å². The van der Waals surface area contributed by atoms with Crippen LogP contribution in [0, 0.1) is 28.6 Å². The first-order valence-corrected chi connectivity index (χ1v) is 21.0. The van der Waals surface area contributed by atoms with E-state index in [9.17, 15) is 14.4 Å². The number of ketones is 1. The Morgan fingerprint density at radius 2 is 1.25 bits per heavy atom. The minimum Gasteiger partial charge on any atom is -0.466 e. The molecule has 0 amide bonds. The van der Waals surface area contributed by atoms with Crippen molar-refractivity contribution in [1.82, 2.24) is 0 Å². The quantitative estimate of drug-likeness (QED) is 0.0328. The summed E-state index contributed by atoms with van der Waals surface area (Å²) in [7, 11) is 0. The van der Waals surface area contributed by atoms with Crippen LogP contribution >= 0.6 is 0 Å². The number of esters is 2. The molecule has 300 valence electrons. The molecule has 2 bridgehead atoms. The van der Waals surface area contributed by atoms with Gasteiger partial charge in [0, 0.05) is 44.3 Å². The van der Waals surface area contributed by atoms with E-state index >= 15 is 0 Å². The molecule has 2 saturated carbocycles. The zero-order valence-corrected chi connectivity index (χ0v) is 35.0. The molecule has 0 aromatic carbocycles. The van der Waals surface area contributed by atoms with Crippen LogP contribution in [0.15, 0.2) is 23.3 Å². The second-order valence-electron chi connectivity index (χ2n) is 17.6. The fourth-order valence-electron chi connectivity index (χ4n) is 7.97. The van der Waals surface area contributed by atoms with Gasteiger partial charge in [0.15, 0.2) is 6.29 Å². The van der Waals surface area contributed by atoms with Crippen molar-refractivity contribution < 1.29 is 33.3 Å². The fourth-order valence-corrected chi connectivity index (χ4v) is 7.97. The van der Waals surface area contributed by atoms with Crippen LogP contribution in [0.2, 0.25) is 0 Å². The van der Waals surface area contributed by atoms with Crippen molar-refractivity contribution in [1.29, 1.82) is 0 Å². The van der Waals surface area contributed by atoms with Gasteiger partial charge < -0.3 is 18.9 Å². The average Bonchev–Trinajstić information content (AvgIpc) is 3.40. The van der Waals surface area contributed by atoms with Crippen LogP contribution in [0.4, 0.5) is 0 Å². The molecule has 5 unspecified atom stereocenters. The van der Waals surface area contributed by atoms with E-state index in [1.165, 1.54) is 17.6 Å². The number of ether oxygens (including phenoxy) is 4. The number of fused-ring (bicyclic) bond motifs is 2. The highest BCUT2D eigenvalue weighted by molar-refractivity contribution is 5.79. The summed E-state index contributed by atoms with van der Waals surface area (Å²) in [5, 5.41) is 0. The Morgan fingerprint density at radius 1 is 0.673 bits per heavy atom. The number of carbonyl (C=O) groups excluding carboxylic acids is 3. The summed E-state index contributed by atoms with van der Waals surface area (Å²) in [4.78, 5) is 37.5. The molecular formula is C45H78O7. The van der Waals surface area contributed by atoms with E-state index in [1.807, 2.05) is 0 Å². The predicted octanol–water partition coefficient (Wildman–Crippen LogP) is 11.7. The van der Waals surface area contributed by atoms with E-state index in [1.54, 1.807) is 0 Å². The van der Waals surface area contributed by atoms with Crippen molar-refractivity contribution in [2.75, 3.05) is 19.8 Å². The standard InChI is InChI=1S/C45H78O7/c1-34(2)17-14-19-36(5)27-31-50-43(51-32-28-37(6)20-15-18-35(3)4)25-24-41(47)49-30-13-11-10-12-21-39(46)22-16-23-42(48)52-40-33-38-26-29-45(40,9)44(38,7)8/h17-18,36-38,40,43H,10-16,19-33H2,1-9H3. The molecular weight excluding hydrogens is 652 g/mol. The first kappa shape index (κ1) is 46.2. The second kappa shape index (κ2) is 24.4. The molecule has 0 heterocycles. The smallest absolute Gasteiger partial charge is 0.306 e. The van der Waals surface area contributed by atoms with Gasteiger partial charge in [-0.2, -0.15) is 0 Å². The number of carbonyl (C=O) groups is 3. The maximum absolute atomic E-state index is 12.5. The van der Waals surface area contributed by atoms with Crippen molar-refractivity contribution in [3.63, 3.8) is 0 Å². The van der Waals surface area contributed by atoms with E-state index in [0.29, 0.717) is 69.7 Å². The van der Waals surface area contributed by atoms with Gasteiger partial charge in [-0.1, -0.05) is 70.8 Å². The molecule has 0 aromatic heterocycles. The van der Waals surface area contributed by atoms with Gasteiger partial charge in [-0.25, -0.2) is 0 Å². The average molecular weight is 731 g/mol. The van der Waals surface area contributed by atoms with Crippen LogP contribution in [0.25, 0.3) is 0 Å². The second-order valence-corrected chi connectivity index (χ2v) is 17.6. The largest absolute Gasteiger partial charge is 0.466 e. The molecule has 5 atom stereocenters. The molecule has 0 aliphatic heterocycles. The molecule has 7 heteroatoms. The van der Waals surface area contributed by atoms with E-state index in [2.05, 4.69) is 74.5 Å². The Hall–Kier alpha value is -1.99. The Kier molecular flexibility index (Phi) is 21.7. The summed E-state index contributed by atoms with van der Waals surface area (Å²) in [6.45, 7) is 21.6. The Balaban J connectivity index is 1.56. The first-order valence-electron chi connectivity index (χ1n) is 21.0.